The normalized spacial score (nSPS) is 22.6. The smallest absolute Gasteiger partial charge is 0.101 e. The van der Waals surface area contributed by atoms with Gasteiger partial charge < -0.3 is 10.6 Å². The summed E-state index contributed by atoms with van der Waals surface area (Å²) in [6.45, 7) is 6.06. The van der Waals surface area contributed by atoms with Crippen molar-refractivity contribution >= 4 is 17.3 Å². The molecule has 3 nitrogen and oxygen atoms in total. The molecule has 2 N–H and O–H groups in total. The number of rotatable bonds is 1. The third kappa shape index (κ3) is 2.45. The Morgan fingerprint density at radius 1 is 1.50 bits per heavy atom. The maximum absolute atomic E-state index is 9.18. The van der Waals surface area contributed by atoms with Crippen LogP contribution in [0.3, 0.4) is 0 Å². The van der Waals surface area contributed by atoms with Gasteiger partial charge in [0.15, 0.2) is 0 Å². The SMILES string of the molecule is CC1(C)CN(c2cc(Cl)ccc2C#N)CCC1N. The first kappa shape index (κ1) is 13.2. The van der Waals surface area contributed by atoms with Crippen LogP contribution in [0, 0.1) is 16.7 Å². The first-order chi connectivity index (χ1) is 8.44. The molecule has 0 bridgehead atoms. The van der Waals surface area contributed by atoms with E-state index in [1.165, 1.54) is 0 Å². The summed E-state index contributed by atoms with van der Waals surface area (Å²) in [7, 11) is 0. The monoisotopic (exact) mass is 263 g/mol. The van der Waals surface area contributed by atoms with Crippen molar-refractivity contribution in [2.45, 2.75) is 26.3 Å². The molecule has 0 saturated carbocycles. The molecule has 0 spiro atoms. The predicted octanol–water partition coefficient (Wildman–Crippen LogP) is 2.78. The van der Waals surface area contributed by atoms with Crippen molar-refractivity contribution in [1.29, 1.82) is 5.26 Å². The Morgan fingerprint density at radius 2 is 2.22 bits per heavy atom. The molecule has 1 fully saturated rings. The first-order valence-corrected chi connectivity index (χ1v) is 6.52. The molecule has 18 heavy (non-hydrogen) atoms. The van der Waals surface area contributed by atoms with Crippen LogP contribution in [0.5, 0.6) is 0 Å². The zero-order chi connectivity index (χ0) is 13.3. The number of nitrogens with zero attached hydrogens (tertiary/aromatic N) is 2. The molecule has 1 aromatic rings. The molecule has 1 aliphatic rings. The van der Waals surface area contributed by atoms with Gasteiger partial charge in [0.25, 0.3) is 0 Å². The minimum atomic E-state index is 0.0489. The van der Waals surface area contributed by atoms with E-state index in [-0.39, 0.29) is 11.5 Å². The maximum atomic E-state index is 9.18. The Balaban J connectivity index is 2.33. The summed E-state index contributed by atoms with van der Waals surface area (Å²) in [6, 6.07) is 7.83. The fourth-order valence-corrected chi connectivity index (χ4v) is 2.61. The van der Waals surface area contributed by atoms with E-state index in [1.807, 2.05) is 6.07 Å². The van der Waals surface area contributed by atoms with Gasteiger partial charge in [-0.2, -0.15) is 5.26 Å². The van der Waals surface area contributed by atoms with Crippen molar-refractivity contribution in [2.75, 3.05) is 18.0 Å². The van der Waals surface area contributed by atoms with Crippen LogP contribution < -0.4 is 10.6 Å². The summed E-state index contributed by atoms with van der Waals surface area (Å²) < 4.78 is 0. The second-order valence-electron chi connectivity index (χ2n) is 5.58. The van der Waals surface area contributed by atoms with E-state index < -0.39 is 0 Å². The summed E-state index contributed by atoms with van der Waals surface area (Å²) in [5.41, 5.74) is 7.78. The van der Waals surface area contributed by atoms with Crippen molar-refractivity contribution in [3.8, 4) is 6.07 Å². The molecule has 1 saturated heterocycles. The molecule has 0 amide bonds. The van der Waals surface area contributed by atoms with Gasteiger partial charge in [0.05, 0.1) is 11.3 Å². The van der Waals surface area contributed by atoms with E-state index in [4.69, 9.17) is 17.3 Å². The third-order valence-electron chi connectivity index (χ3n) is 3.73. The fraction of sp³-hybridized carbons (Fsp3) is 0.500. The zero-order valence-corrected chi connectivity index (χ0v) is 11.5. The first-order valence-electron chi connectivity index (χ1n) is 6.14. The lowest BCUT2D eigenvalue weighted by atomic mass is 9.79. The number of piperidine rings is 1. The lowest BCUT2D eigenvalue weighted by Crippen LogP contribution is -2.52. The predicted molar refractivity (Wildman–Crippen MR) is 74.8 cm³/mol. The lowest BCUT2D eigenvalue weighted by molar-refractivity contribution is 0.245. The second kappa shape index (κ2) is 4.79. The number of hydrogen-bond donors (Lipinski definition) is 1. The molecule has 4 heteroatoms. The Morgan fingerprint density at radius 3 is 2.83 bits per heavy atom. The van der Waals surface area contributed by atoms with Gasteiger partial charge in [-0.3, -0.25) is 0 Å². The molecule has 1 aromatic carbocycles. The van der Waals surface area contributed by atoms with E-state index in [0.29, 0.717) is 10.6 Å². The summed E-state index contributed by atoms with van der Waals surface area (Å²) in [4.78, 5) is 2.22. The molecule has 1 aliphatic heterocycles. The van der Waals surface area contributed by atoms with Gasteiger partial charge >= 0.3 is 0 Å². The highest BCUT2D eigenvalue weighted by Gasteiger charge is 2.34. The van der Waals surface area contributed by atoms with E-state index in [2.05, 4.69) is 24.8 Å². The van der Waals surface area contributed by atoms with Crippen LogP contribution in [-0.2, 0) is 0 Å². The average molecular weight is 264 g/mol. The minimum absolute atomic E-state index is 0.0489. The van der Waals surface area contributed by atoms with Gasteiger partial charge in [0.1, 0.15) is 6.07 Å². The van der Waals surface area contributed by atoms with Crippen molar-refractivity contribution in [3.63, 3.8) is 0 Å². The van der Waals surface area contributed by atoms with Crippen LogP contribution >= 0.6 is 11.6 Å². The lowest BCUT2D eigenvalue weighted by Gasteiger charge is -2.44. The average Bonchev–Trinajstić information content (AvgIpc) is 2.32. The molecule has 1 heterocycles. The molecule has 0 aromatic heterocycles. The van der Waals surface area contributed by atoms with Gasteiger partial charge in [-0.1, -0.05) is 25.4 Å². The topological polar surface area (TPSA) is 53.0 Å². The van der Waals surface area contributed by atoms with Crippen molar-refractivity contribution in [2.24, 2.45) is 11.1 Å². The Hall–Kier alpha value is -1.24. The van der Waals surface area contributed by atoms with Crippen LogP contribution in [0.4, 0.5) is 5.69 Å². The van der Waals surface area contributed by atoms with Crippen molar-refractivity contribution < 1.29 is 0 Å². The molecule has 0 radical (unpaired) electrons. The largest absolute Gasteiger partial charge is 0.370 e. The molecular formula is C14H18ClN3. The van der Waals surface area contributed by atoms with E-state index in [1.54, 1.807) is 12.1 Å². The minimum Gasteiger partial charge on any atom is -0.370 e. The Kier molecular flexibility index (Phi) is 3.52. The van der Waals surface area contributed by atoms with E-state index in [9.17, 15) is 5.26 Å². The van der Waals surface area contributed by atoms with Crippen molar-refractivity contribution in [1.82, 2.24) is 0 Å². The van der Waals surface area contributed by atoms with Gasteiger partial charge in [0, 0.05) is 24.2 Å². The van der Waals surface area contributed by atoms with Crippen LogP contribution in [-0.4, -0.2) is 19.1 Å². The van der Waals surface area contributed by atoms with Gasteiger partial charge in [-0.05, 0) is 30.0 Å². The van der Waals surface area contributed by atoms with Crippen molar-refractivity contribution in [3.05, 3.63) is 28.8 Å². The molecule has 1 unspecified atom stereocenters. The number of halogens is 1. The number of benzene rings is 1. The van der Waals surface area contributed by atoms with E-state index in [0.717, 1.165) is 25.2 Å². The van der Waals surface area contributed by atoms with E-state index >= 15 is 0 Å². The summed E-state index contributed by atoms with van der Waals surface area (Å²) >= 11 is 6.03. The van der Waals surface area contributed by atoms with Crippen LogP contribution in [0.2, 0.25) is 5.02 Å². The van der Waals surface area contributed by atoms with Gasteiger partial charge in [-0.25, -0.2) is 0 Å². The number of nitriles is 1. The quantitative estimate of drug-likeness (QED) is 0.848. The molecule has 1 atom stereocenters. The molecule has 0 aliphatic carbocycles. The van der Waals surface area contributed by atoms with Gasteiger partial charge in [-0.15, -0.1) is 0 Å². The molecular weight excluding hydrogens is 246 g/mol. The number of hydrogen-bond acceptors (Lipinski definition) is 3. The fourth-order valence-electron chi connectivity index (χ4n) is 2.44. The zero-order valence-electron chi connectivity index (χ0n) is 10.8. The van der Waals surface area contributed by atoms with Crippen LogP contribution in [0.25, 0.3) is 0 Å². The molecule has 96 valence electrons. The third-order valence-corrected chi connectivity index (χ3v) is 3.97. The standard InChI is InChI=1S/C14H18ClN3/c1-14(2)9-18(6-5-13(14)17)12-7-11(15)4-3-10(12)8-16/h3-4,7,13H,5-6,9,17H2,1-2H3. The highest BCUT2D eigenvalue weighted by molar-refractivity contribution is 6.30. The summed E-state index contributed by atoms with van der Waals surface area (Å²) in [5, 5.41) is 9.84. The second-order valence-corrected chi connectivity index (χ2v) is 6.02. The van der Waals surface area contributed by atoms with Crippen LogP contribution in [0.15, 0.2) is 18.2 Å². The van der Waals surface area contributed by atoms with Crippen LogP contribution in [0.1, 0.15) is 25.8 Å². The number of anilines is 1. The molecule has 2 rings (SSSR count). The Labute approximate surface area is 113 Å². The highest BCUT2D eigenvalue weighted by Crippen LogP contribution is 2.33. The Bertz CT molecular complexity index is 490. The number of nitrogens with two attached hydrogens (primary N) is 1. The summed E-state index contributed by atoms with van der Waals surface area (Å²) in [6.07, 6.45) is 0.935. The van der Waals surface area contributed by atoms with Gasteiger partial charge in [0.2, 0.25) is 0 Å². The maximum Gasteiger partial charge on any atom is 0.101 e. The highest BCUT2D eigenvalue weighted by atomic mass is 35.5. The summed E-state index contributed by atoms with van der Waals surface area (Å²) in [5.74, 6) is 0.